The van der Waals surface area contributed by atoms with Gasteiger partial charge >= 0.3 is 0 Å². The lowest BCUT2D eigenvalue weighted by molar-refractivity contribution is -0.0212. The number of nitrogens with one attached hydrogen (secondary N) is 2. The number of ether oxygens (including phenoxy) is 3. The van der Waals surface area contributed by atoms with E-state index < -0.39 is 0 Å². The predicted molar refractivity (Wildman–Crippen MR) is 120 cm³/mol. The number of morpholine rings is 1. The number of benzene rings is 1. The van der Waals surface area contributed by atoms with Gasteiger partial charge in [0.1, 0.15) is 0 Å². The molecule has 0 aliphatic carbocycles. The van der Waals surface area contributed by atoms with Gasteiger partial charge in [0.25, 0.3) is 0 Å². The van der Waals surface area contributed by atoms with E-state index in [-0.39, 0.29) is 6.10 Å². The molecule has 2 aliphatic rings. The van der Waals surface area contributed by atoms with E-state index in [1.165, 1.54) is 11.1 Å². The van der Waals surface area contributed by atoms with Crippen LogP contribution < -0.4 is 10.6 Å². The summed E-state index contributed by atoms with van der Waals surface area (Å²) in [6.07, 6.45) is 2.56. The summed E-state index contributed by atoms with van der Waals surface area (Å²) in [5, 5.41) is 6.73. The van der Waals surface area contributed by atoms with Crippen molar-refractivity contribution >= 4 is 5.96 Å². The number of hydrogen-bond donors (Lipinski definition) is 2. The molecule has 2 unspecified atom stereocenters. The summed E-state index contributed by atoms with van der Waals surface area (Å²) in [6.45, 7) is 12.7. The van der Waals surface area contributed by atoms with Gasteiger partial charge in [-0.2, -0.15) is 0 Å². The van der Waals surface area contributed by atoms with Crippen LogP contribution in [-0.4, -0.2) is 75.7 Å². The molecule has 2 aliphatic heterocycles. The van der Waals surface area contributed by atoms with Crippen LogP contribution in [-0.2, 0) is 27.3 Å². The van der Waals surface area contributed by atoms with Crippen LogP contribution in [0.5, 0.6) is 0 Å². The maximum atomic E-state index is 5.82. The molecule has 7 nitrogen and oxygen atoms in total. The van der Waals surface area contributed by atoms with Crippen molar-refractivity contribution in [3.63, 3.8) is 0 Å². The molecule has 1 aromatic rings. The second kappa shape index (κ2) is 12.9. The van der Waals surface area contributed by atoms with Gasteiger partial charge in [0.05, 0.1) is 32.0 Å². The Labute approximate surface area is 181 Å². The van der Waals surface area contributed by atoms with Crippen LogP contribution in [0.1, 0.15) is 37.8 Å². The molecule has 30 heavy (non-hydrogen) atoms. The molecule has 0 radical (unpaired) electrons. The van der Waals surface area contributed by atoms with E-state index in [1.54, 1.807) is 0 Å². The molecule has 2 heterocycles. The molecule has 0 aromatic heterocycles. The van der Waals surface area contributed by atoms with Crippen molar-refractivity contribution in [1.82, 2.24) is 15.5 Å². The zero-order chi connectivity index (χ0) is 21.0. The van der Waals surface area contributed by atoms with E-state index in [4.69, 9.17) is 19.2 Å². The first kappa shape index (κ1) is 23.0. The maximum Gasteiger partial charge on any atom is 0.191 e. The lowest BCUT2D eigenvalue weighted by atomic mass is 10.1. The van der Waals surface area contributed by atoms with Gasteiger partial charge in [-0.25, -0.2) is 4.99 Å². The molecule has 1 aromatic carbocycles. The summed E-state index contributed by atoms with van der Waals surface area (Å²) in [4.78, 5) is 7.22. The number of hydrogen-bond acceptors (Lipinski definition) is 5. The molecular formula is C23H38N4O3. The highest BCUT2D eigenvalue weighted by atomic mass is 16.5. The fraction of sp³-hybridized carbons (Fsp3) is 0.696. The monoisotopic (exact) mass is 418 g/mol. The van der Waals surface area contributed by atoms with Crippen molar-refractivity contribution in [3.05, 3.63) is 35.4 Å². The van der Waals surface area contributed by atoms with Crippen LogP contribution >= 0.6 is 0 Å². The minimum absolute atomic E-state index is 0.278. The van der Waals surface area contributed by atoms with Crippen molar-refractivity contribution in [2.24, 2.45) is 4.99 Å². The summed E-state index contributed by atoms with van der Waals surface area (Å²) >= 11 is 0. The lowest BCUT2D eigenvalue weighted by Gasteiger charge is -2.31. The Bertz CT molecular complexity index is 649. The zero-order valence-electron chi connectivity index (χ0n) is 18.6. The van der Waals surface area contributed by atoms with Crippen LogP contribution in [0, 0.1) is 0 Å². The van der Waals surface area contributed by atoms with E-state index in [9.17, 15) is 0 Å². The molecular weight excluding hydrogens is 380 g/mol. The van der Waals surface area contributed by atoms with Crippen molar-refractivity contribution in [2.75, 3.05) is 52.6 Å². The van der Waals surface area contributed by atoms with E-state index in [2.05, 4.69) is 53.6 Å². The average molecular weight is 419 g/mol. The maximum absolute atomic E-state index is 5.82. The van der Waals surface area contributed by atoms with Crippen LogP contribution in [0.4, 0.5) is 0 Å². The first-order valence-corrected chi connectivity index (χ1v) is 11.4. The molecule has 2 saturated heterocycles. The second-order valence-electron chi connectivity index (χ2n) is 8.07. The van der Waals surface area contributed by atoms with E-state index in [0.29, 0.717) is 12.6 Å². The minimum Gasteiger partial charge on any atom is -0.379 e. The summed E-state index contributed by atoms with van der Waals surface area (Å²) in [5.41, 5.74) is 2.57. The van der Waals surface area contributed by atoms with Gasteiger partial charge in [-0.1, -0.05) is 24.3 Å². The quantitative estimate of drug-likeness (QED) is 0.345. The van der Waals surface area contributed by atoms with Crippen molar-refractivity contribution in [1.29, 1.82) is 0 Å². The Morgan fingerprint density at radius 2 is 2.17 bits per heavy atom. The predicted octanol–water partition coefficient (Wildman–Crippen LogP) is 2.16. The molecule has 3 rings (SSSR count). The van der Waals surface area contributed by atoms with Gasteiger partial charge in [-0.3, -0.25) is 4.90 Å². The largest absolute Gasteiger partial charge is 0.379 e. The van der Waals surface area contributed by atoms with Crippen LogP contribution in [0.3, 0.4) is 0 Å². The van der Waals surface area contributed by atoms with Gasteiger partial charge in [-0.15, -0.1) is 0 Å². The summed E-state index contributed by atoms with van der Waals surface area (Å²) < 4.78 is 16.8. The van der Waals surface area contributed by atoms with Gasteiger partial charge in [-0.05, 0) is 37.8 Å². The van der Waals surface area contributed by atoms with Gasteiger partial charge < -0.3 is 24.8 Å². The Kier molecular flexibility index (Phi) is 9.89. The summed E-state index contributed by atoms with van der Waals surface area (Å²) in [7, 11) is 0. The summed E-state index contributed by atoms with van der Waals surface area (Å²) in [5.74, 6) is 0.856. The molecule has 2 N–H and O–H groups in total. The first-order valence-electron chi connectivity index (χ1n) is 11.4. The second-order valence-corrected chi connectivity index (χ2v) is 8.07. The molecule has 2 atom stereocenters. The topological polar surface area (TPSA) is 67.4 Å². The highest BCUT2D eigenvalue weighted by molar-refractivity contribution is 5.79. The molecule has 2 fully saturated rings. The molecule has 0 spiro atoms. The molecule has 168 valence electrons. The third kappa shape index (κ3) is 8.22. The lowest BCUT2D eigenvalue weighted by Crippen LogP contribution is -2.40. The molecule has 7 heteroatoms. The van der Waals surface area contributed by atoms with E-state index in [1.807, 2.05) is 0 Å². The SMILES string of the molecule is CCNC(=NCc1cccc(CN2CCOC(C)C2)c1)NCCCOC1CCOC1. The third-order valence-corrected chi connectivity index (χ3v) is 5.34. The normalized spacial score (nSPS) is 22.9. The summed E-state index contributed by atoms with van der Waals surface area (Å²) in [6, 6.07) is 8.75. The van der Waals surface area contributed by atoms with Crippen molar-refractivity contribution < 1.29 is 14.2 Å². The molecule has 0 bridgehead atoms. The minimum atomic E-state index is 0.278. The highest BCUT2D eigenvalue weighted by Gasteiger charge is 2.17. The van der Waals surface area contributed by atoms with E-state index in [0.717, 1.165) is 78.0 Å². The molecule has 0 amide bonds. The first-order chi connectivity index (χ1) is 14.7. The fourth-order valence-electron chi connectivity index (χ4n) is 3.80. The Morgan fingerprint density at radius 3 is 2.97 bits per heavy atom. The highest BCUT2D eigenvalue weighted by Crippen LogP contribution is 2.13. The number of rotatable bonds is 10. The van der Waals surface area contributed by atoms with E-state index >= 15 is 0 Å². The van der Waals surface area contributed by atoms with Crippen LogP contribution in [0.2, 0.25) is 0 Å². The van der Waals surface area contributed by atoms with Crippen molar-refractivity contribution in [3.8, 4) is 0 Å². The Balaban J connectivity index is 1.42. The van der Waals surface area contributed by atoms with Crippen LogP contribution in [0.25, 0.3) is 0 Å². The van der Waals surface area contributed by atoms with Crippen LogP contribution in [0.15, 0.2) is 29.3 Å². The smallest absolute Gasteiger partial charge is 0.191 e. The fourth-order valence-corrected chi connectivity index (χ4v) is 3.80. The zero-order valence-corrected chi connectivity index (χ0v) is 18.6. The Hall–Kier alpha value is -1.67. The number of guanidine groups is 1. The standard InChI is InChI=1S/C23H38N4O3/c1-3-24-23(25-9-5-11-30-22-8-12-28-18-22)26-15-20-6-4-7-21(14-20)17-27-10-13-29-19(2)16-27/h4,6-7,14,19,22H,3,5,8-13,15-18H2,1-2H3,(H2,24,25,26). The third-order valence-electron chi connectivity index (χ3n) is 5.34. The van der Waals surface area contributed by atoms with Gasteiger partial charge in [0.15, 0.2) is 5.96 Å². The number of nitrogens with zero attached hydrogens (tertiary/aromatic N) is 2. The van der Waals surface area contributed by atoms with Gasteiger partial charge in [0, 0.05) is 45.9 Å². The Morgan fingerprint density at radius 1 is 1.27 bits per heavy atom. The average Bonchev–Trinajstić information content (AvgIpc) is 3.25. The van der Waals surface area contributed by atoms with Gasteiger partial charge in [0.2, 0.25) is 0 Å². The van der Waals surface area contributed by atoms with Crippen molar-refractivity contribution in [2.45, 2.75) is 52.0 Å². The number of aliphatic imine (C=N–C) groups is 1. The molecule has 0 saturated carbocycles.